The van der Waals surface area contributed by atoms with Crippen LogP contribution in [0, 0.1) is 6.92 Å². The second kappa shape index (κ2) is 16.1. The first-order valence-corrected chi connectivity index (χ1v) is 19.7. The standard InChI is InChI=1S/C17H20ClN3O3S.C16H18ClN3O3S/c1-12-3-5-15(6-4-12)25(22,23)11-14-9-16(20-17(18)19-14)21-7-8-24-10-13(21)2;1-12-10-23-8-7-20(12)15-9-13(18-16(17)19-15)11-24(21,22)14-5-3-2-4-6-14/h3-6,9,13H,7-8,10-11H2,1-2H3;2-6,9,12H,7-8,10-11H2,1H3/t13-;12-/m00/s1. The number of sulfone groups is 2. The average Bonchev–Trinajstić information content (AvgIpc) is 3.05. The molecule has 2 aromatic heterocycles. The summed E-state index contributed by atoms with van der Waals surface area (Å²) in [5, 5.41) is 0.0924. The molecule has 2 atom stereocenters. The van der Waals surface area contributed by atoms with Gasteiger partial charge in [0.05, 0.1) is 71.2 Å². The van der Waals surface area contributed by atoms with Crippen molar-refractivity contribution in [3.05, 3.63) is 94.2 Å². The highest BCUT2D eigenvalue weighted by atomic mass is 35.5. The fraction of sp³-hybridized carbons (Fsp3) is 0.394. The Kier molecular flexibility index (Phi) is 12.1. The van der Waals surface area contributed by atoms with E-state index in [1.807, 2.05) is 20.8 Å². The maximum atomic E-state index is 12.6. The fourth-order valence-corrected chi connectivity index (χ4v) is 8.33. The monoisotopic (exact) mass is 748 g/mol. The summed E-state index contributed by atoms with van der Waals surface area (Å²) >= 11 is 12.1. The van der Waals surface area contributed by atoms with Crippen molar-refractivity contribution in [2.45, 2.75) is 54.2 Å². The summed E-state index contributed by atoms with van der Waals surface area (Å²) in [6, 6.07) is 18.8. The molecular weight excluding hydrogens is 711 g/mol. The number of benzene rings is 2. The van der Waals surface area contributed by atoms with Gasteiger partial charge in [-0.15, -0.1) is 0 Å². The van der Waals surface area contributed by atoms with Crippen LogP contribution in [0.3, 0.4) is 0 Å². The minimum absolute atomic E-state index is 0.0458. The molecule has 0 radical (unpaired) electrons. The van der Waals surface area contributed by atoms with Crippen molar-refractivity contribution in [3.8, 4) is 0 Å². The van der Waals surface area contributed by atoms with Gasteiger partial charge >= 0.3 is 0 Å². The van der Waals surface area contributed by atoms with E-state index in [9.17, 15) is 16.8 Å². The number of morpholine rings is 2. The minimum Gasteiger partial charge on any atom is -0.377 e. The zero-order chi connectivity index (χ0) is 35.2. The van der Waals surface area contributed by atoms with Gasteiger partial charge in [0.2, 0.25) is 10.6 Å². The lowest BCUT2D eigenvalue weighted by atomic mass is 10.2. The Balaban J connectivity index is 0.000000191. The van der Waals surface area contributed by atoms with E-state index < -0.39 is 19.7 Å². The van der Waals surface area contributed by atoms with Gasteiger partial charge in [-0.25, -0.2) is 36.8 Å². The van der Waals surface area contributed by atoms with Gasteiger partial charge in [-0.3, -0.25) is 0 Å². The first-order valence-electron chi connectivity index (χ1n) is 15.6. The Morgan fingerprint density at radius 3 is 1.53 bits per heavy atom. The molecule has 0 spiro atoms. The zero-order valence-corrected chi connectivity index (χ0v) is 30.5. The molecule has 2 saturated heterocycles. The number of hydrogen-bond donors (Lipinski definition) is 0. The maximum Gasteiger partial charge on any atom is 0.224 e. The van der Waals surface area contributed by atoms with E-state index in [0.717, 1.165) is 5.56 Å². The molecule has 0 unspecified atom stereocenters. The van der Waals surface area contributed by atoms with Crippen molar-refractivity contribution >= 4 is 54.5 Å². The van der Waals surface area contributed by atoms with Crippen LogP contribution in [0.4, 0.5) is 11.6 Å². The van der Waals surface area contributed by atoms with E-state index in [1.54, 1.807) is 66.7 Å². The molecule has 262 valence electrons. The molecule has 2 aromatic carbocycles. The van der Waals surface area contributed by atoms with Crippen LogP contribution < -0.4 is 9.80 Å². The largest absolute Gasteiger partial charge is 0.377 e. The fourth-order valence-electron chi connectivity index (χ4n) is 5.41. The van der Waals surface area contributed by atoms with Crippen molar-refractivity contribution in [2.24, 2.45) is 0 Å². The molecule has 12 nitrogen and oxygen atoms in total. The SMILES string of the molecule is C[C@H]1COCCN1c1cc(CS(=O)(=O)c2ccccc2)nc(Cl)n1.Cc1ccc(S(=O)(=O)Cc2cc(N3CCOC[C@@H]3C)nc(Cl)n2)cc1. The molecule has 0 aliphatic carbocycles. The molecule has 2 fully saturated rings. The summed E-state index contributed by atoms with van der Waals surface area (Å²) < 4.78 is 61.2. The van der Waals surface area contributed by atoms with Gasteiger partial charge in [-0.1, -0.05) is 35.9 Å². The van der Waals surface area contributed by atoms with Gasteiger partial charge in [0.25, 0.3) is 0 Å². The molecule has 6 rings (SSSR count). The predicted octanol–water partition coefficient (Wildman–Crippen LogP) is 4.97. The lowest BCUT2D eigenvalue weighted by molar-refractivity contribution is 0.0985. The van der Waals surface area contributed by atoms with Crippen molar-refractivity contribution in [2.75, 3.05) is 49.3 Å². The minimum atomic E-state index is -3.50. The second-order valence-corrected chi connectivity index (χ2v) is 16.5. The Hall–Kier alpha value is -3.40. The van der Waals surface area contributed by atoms with Gasteiger partial charge in [0.1, 0.15) is 11.6 Å². The third-order valence-electron chi connectivity index (χ3n) is 7.96. The van der Waals surface area contributed by atoms with Gasteiger partial charge in [0.15, 0.2) is 19.7 Å². The van der Waals surface area contributed by atoms with Crippen LogP contribution in [0.5, 0.6) is 0 Å². The summed E-state index contributed by atoms with van der Waals surface area (Å²) in [5.41, 5.74) is 1.77. The number of rotatable bonds is 8. The molecule has 2 aliphatic rings. The number of halogens is 2. The van der Waals surface area contributed by atoms with Gasteiger partial charge in [0, 0.05) is 25.2 Å². The summed E-state index contributed by atoms with van der Waals surface area (Å²) in [4.78, 5) is 21.3. The lowest BCUT2D eigenvalue weighted by Gasteiger charge is -2.34. The Bertz CT molecular complexity index is 1950. The van der Waals surface area contributed by atoms with Crippen molar-refractivity contribution in [1.82, 2.24) is 19.9 Å². The van der Waals surface area contributed by atoms with Crippen LogP contribution in [0.25, 0.3) is 0 Å². The third-order valence-corrected chi connectivity index (χ3v) is 11.6. The third kappa shape index (κ3) is 9.86. The number of anilines is 2. The van der Waals surface area contributed by atoms with Gasteiger partial charge in [-0.05, 0) is 68.2 Å². The predicted molar refractivity (Wildman–Crippen MR) is 189 cm³/mol. The Morgan fingerprint density at radius 2 is 1.10 bits per heavy atom. The van der Waals surface area contributed by atoms with Crippen LogP contribution in [-0.4, -0.2) is 88.4 Å². The molecular formula is C33H38Cl2N6O6S2. The Morgan fingerprint density at radius 1 is 0.673 bits per heavy atom. The molecule has 49 heavy (non-hydrogen) atoms. The van der Waals surface area contributed by atoms with E-state index in [2.05, 4.69) is 29.7 Å². The summed E-state index contributed by atoms with van der Waals surface area (Å²) in [6.45, 7) is 9.71. The molecule has 4 heterocycles. The van der Waals surface area contributed by atoms with Crippen molar-refractivity contribution in [3.63, 3.8) is 0 Å². The highest BCUT2D eigenvalue weighted by Gasteiger charge is 2.25. The number of ether oxygens (including phenoxy) is 2. The van der Waals surface area contributed by atoms with Gasteiger partial charge < -0.3 is 19.3 Å². The van der Waals surface area contributed by atoms with Crippen molar-refractivity contribution < 1.29 is 26.3 Å². The highest BCUT2D eigenvalue weighted by Crippen LogP contribution is 2.24. The van der Waals surface area contributed by atoms with Gasteiger partial charge in [-0.2, -0.15) is 0 Å². The van der Waals surface area contributed by atoms with E-state index in [0.29, 0.717) is 62.5 Å². The van der Waals surface area contributed by atoms with Crippen molar-refractivity contribution in [1.29, 1.82) is 0 Å². The molecule has 4 aromatic rings. The summed E-state index contributed by atoms with van der Waals surface area (Å²) in [7, 11) is -6.98. The van der Waals surface area contributed by atoms with Crippen LogP contribution in [0.2, 0.25) is 10.6 Å². The Labute approximate surface area is 297 Å². The van der Waals surface area contributed by atoms with E-state index >= 15 is 0 Å². The first-order chi connectivity index (χ1) is 23.3. The number of nitrogens with zero attached hydrogens (tertiary/aromatic N) is 6. The topological polar surface area (TPSA) is 145 Å². The first kappa shape index (κ1) is 36.9. The quantitative estimate of drug-likeness (QED) is 0.225. The normalized spacial score (nSPS) is 18.5. The molecule has 0 N–H and O–H groups in total. The molecule has 0 bridgehead atoms. The number of aromatic nitrogens is 4. The smallest absolute Gasteiger partial charge is 0.224 e. The van der Waals surface area contributed by atoms with Crippen LogP contribution in [0.15, 0.2) is 76.5 Å². The number of aryl methyl sites for hydroxylation is 1. The van der Waals surface area contributed by atoms with E-state index in [4.69, 9.17) is 32.7 Å². The van der Waals surface area contributed by atoms with Crippen LogP contribution >= 0.6 is 23.2 Å². The average molecular weight is 750 g/mol. The molecule has 16 heteroatoms. The zero-order valence-electron chi connectivity index (χ0n) is 27.4. The van der Waals surface area contributed by atoms with Crippen LogP contribution in [0.1, 0.15) is 30.8 Å². The van der Waals surface area contributed by atoms with Crippen LogP contribution in [-0.2, 0) is 40.7 Å². The summed E-state index contributed by atoms with van der Waals surface area (Å²) in [5.74, 6) is 0.823. The van der Waals surface area contributed by atoms with E-state index in [-0.39, 0.29) is 43.9 Å². The van der Waals surface area contributed by atoms with E-state index in [1.165, 1.54) is 0 Å². The molecule has 2 aliphatic heterocycles. The second-order valence-electron chi connectivity index (χ2n) is 11.9. The maximum absolute atomic E-state index is 12.6. The molecule has 0 amide bonds. The highest BCUT2D eigenvalue weighted by molar-refractivity contribution is 7.91. The number of hydrogen-bond acceptors (Lipinski definition) is 12. The molecule has 0 saturated carbocycles. The summed E-state index contributed by atoms with van der Waals surface area (Å²) in [6.07, 6.45) is 0. The lowest BCUT2D eigenvalue weighted by Crippen LogP contribution is -2.44.